The normalized spacial score (nSPS) is 21.6. The topological polar surface area (TPSA) is 66.8 Å². The van der Waals surface area contributed by atoms with Crippen LogP contribution in [0.25, 0.3) is 0 Å². The summed E-state index contributed by atoms with van der Waals surface area (Å²) in [7, 11) is 1.37. The van der Waals surface area contributed by atoms with Gasteiger partial charge in [-0.05, 0) is 55.2 Å². The fourth-order valence-corrected chi connectivity index (χ4v) is 4.71. The van der Waals surface area contributed by atoms with Crippen LogP contribution in [-0.4, -0.2) is 47.7 Å². The molecule has 30 heavy (non-hydrogen) atoms. The summed E-state index contributed by atoms with van der Waals surface area (Å²) >= 11 is 0. The van der Waals surface area contributed by atoms with Gasteiger partial charge in [0.15, 0.2) is 0 Å². The van der Waals surface area contributed by atoms with Crippen molar-refractivity contribution in [2.75, 3.05) is 13.7 Å². The van der Waals surface area contributed by atoms with Gasteiger partial charge in [-0.1, -0.05) is 50.5 Å². The highest BCUT2D eigenvalue weighted by atomic mass is 16.5. The van der Waals surface area contributed by atoms with Gasteiger partial charge in [-0.3, -0.25) is 4.79 Å². The van der Waals surface area contributed by atoms with E-state index in [1.807, 2.05) is 23.1 Å². The van der Waals surface area contributed by atoms with E-state index < -0.39 is 6.10 Å². The maximum Gasteiger partial charge on any atom is 0.337 e. The first-order valence-electron chi connectivity index (χ1n) is 11.3. The van der Waals surface area contributed by atoms with Crippen LogP contribution in [0.1, 0.15) is 74.2 Å². The minimum atomic E-state index is -0.416. The maximum absolute atomic E-state index is 12.4. The van der Waals surface area contributed by atoms with Crippen molar-refractivity contribution in [2.45, 2.75) is 76.9 Å². The number of ether oxygens (including phenoxy) is 1. The lowest BCUT2D eigenvalue weighted by Crippen LogP contribution is -2.40. The third kappa shape index (κ3) is 5.12. The number of unbranched alkanes of at least 4 members (excludes halogenated alkanes) is 1. The third-order valence-electron chi connectivity index (χ3n) is 6.91. The molecule has 1 saturated heterocycles. The van der Waals surface area contributed by atoms with E-state index in [9.17, 15) is 14.7 Å². The molecule has 1 aliphatic heterocycles. The molecule has 1 heterocycles. The van der Waals surface area contributed by atoms with Crippen LogP contribution in [0.15, 0.2) is 36.4 Å². The molecule has 0 radical (unpaired) electrons. The van der Waals surface area contributed by atoms with Gasteiger partial charge in [0.05, 0.1) is 24.8 Å². The van der Waals surface area contributed by atoms with Crippen LogP contribution in [-0.2, 0) is 16.0 Å². The molecular weight excluding hydrogens is 378 g/mol. The Labute approximate surface area is 180 Å². The van der Waals surface area contributed by atoms with Crippen molar-refractivity contribution in [3.63, 3.8) is 0 Å². The number of likely N-dealkylation sites (tertiary alicyclic amines) is 1. The van der Waals surface area contributed by atoms with Crippen LogP contribution in [0.3, 0.4) is 0 Å². The highest BCUT2D eigenvalue weighted by Crippen LogP contribution is 2.48. The second-order valence-corrected chi connectivity index (χ2v) is 8.78. The number of carbonyl (C=O) groups is 2. The number of amides is 1. The summed E-state index contributed by atoms with van der Waals surface area (Å²) in [6, 6.07) is 7.40. The molecular formula is C25H35NO4. The molecule has 164 valence electrons. The quantitative estimate of drug-likeness (QED) is 0.459. The van der Waals surface area contributed by atoms with E-state index in [2.05, 4.69) is 13.0 Å². The average Bonchev–Trinajstić information content (AvgIpc) is 3.09. The second-order valence-electron chi connectivity index (χ2n) is 8.78. The molecule has 1 unspecified atom stereocenters. The zero-order valence-electron chi connectivity index (χ0n) is 18.3. The number of benzene rings is 1. The van der Waals surface area contributed by atoms with E-state index in [-0.39, 0.29) is 23.3 Å². The van der Waals surface area contributed by atoms with Crippen molar-refractivity contribution in [1.29, 1.82) is 0 Å². The van der Waals surface area contributed by atoms with Gasteiger partial charge in [-0.25, -0.2) is 4.79 Å². The van der Waals surface area contributed by atoms with E-state index in [4.69, 9.17) is 4.74 Å². The number of aliphatic hydroxyl groups excluding tert-OH is 1. The monoisotopic (exact) mass is 413 g/mol. The number of methoxy groups -OCH3 is 1. The van der Waals surface area contributed by atoms with E-state index in [1.54, 1.807) is 12.1 Å². The lowest BCUT2D eigenvalue weighted by atomic mass is 9.62. The highest BCUT2D eigenvalue weighted by Gasteiger charge is 2.41. The van der Waals surface area contributed by atoms with Gasteiger partial charge in [0.2, 0.25) is 5.91 Å². The summed E-state index contributed by atoms with van der Waals surface area (Å²) in [5.74, 6) is -0.169. The number of esters is 1. The van der Waals surface area contributed by atoms with Crippen molar-refractivity contribution in [1.82, 2.24) is 4.90 Å². The van der Waals surface area contributed by atoms with Crippen molar-refractivity contribution in [3.8, 4) is 0 Å². The first kappa shape index (κ1) is 22.5. The van der Waals surface area contributed by atoms with E-state index in [1.165, 1.54) is 13.5 Å². The molecule has 1 N–H and O–H groups in total. The van der Waals surface area contributed by atoms with E-state index in [0.717, 1.165) is 50.5 Å². The molecule has 5 heteroatoms. The number of aliphatic hydroxyl groups is 1. The summed E-state index contributed by atoms with van der Waals surface area (Å²) < 4.78 is 4.73. The average molecular weight is 414 g/mol. The zero-order chi connectivity index (χ0) is 21.6. The molecule has 1 aliphatic carbocycles. The number of carbonyl (C=O) groups excluding carboxylic acids is 2. The van der Waals surface area contributed by atoms with Crippen molar-refractivity contribution in [2.24, 2.45) is 5.41 Å². The Morgan fingerprint density at radius 2 is 2.07 bits per heavy atom. The second kappa shape index (κ2) is 10.3. The predicted octanol–water partition coefficient (Wildman–Crippen LogP) is 4.28. The predicted molar refractivity (Wildman–Crippen MR) is 117 cm³/mol. The van der Waals surface area contributed by atoms with Crippen LogP contribution >= 0.6 is 0 Å². The smallest absolute Gasteiger partial charge is 0.337 e. The SMILES string of the molecule is CCCCC1(C(O)C=C[C@H]2CCC(=O)N2CCc2ccc(C(=O)OC)cc2)CCC1. The zero-order valence-corrected chi connectivity index (χ0v) is 18.3. The summed E-state index contributed by atoms with van der Waals surface area (Å²) in [6.07, 6.45) is 12.5. The lowest BCUT2D eigenvalue weighted by Gasteiger charge is -2.45. The molecule has 0 spiro atoms. The number of hydrogen-bond donors (Lipinski definition) is 1. The Kier molecular flexibility index (Phi) is 7.70. The molecule has 1 aromatic carbocycles. The van der Waals surface area contributed by atoms with Gasteiger partial charge in [0.1, 0.15) is 0 Å². The van der Waals surface area contributed by atoms with Gasteiger partial charge in [-0.2, -0.15) is 0 Å². The molecule has 0 bridgehead atoms. The number of hydrogen-bond acceptors (Lipinski definition) is 4. The molecule has 3 rings (SSSR count). The van der Waals surface area contributed by atoms with Crippen LogP contribution in [0, 0.1) is 5.41 Å². The highest BCUT2D eigenvalue weighted by molar-refractivity contribution is 5.89. The minimum absolute atomic E-state index is 0.0569. The van der Waals surface area contributed by atoms with Gasteiger partial charge >= 0.3 is 5.97 Å². The molecule has 1 saturated carbocycles. The fourth-order valence-electron chi connectivity index (χ4n) is 4.71. The Bertz CT molecular complexity index is 751. The summed E-state index contributed by atoms with van der Waals surface area (Å²) in [6.45, 7) is 2.84. The van der Waals surface area contributed by atoms with Gasteiger partial charge in [0, 0.05) is 13.0 Å². The molecule has 2 fully saturated rings. The first-order valence-corrected chi connectivity index (χ1v) is 11.3. The summed E-state index contributed by atoms with van der Waals surface area (Å²) in [4.78, 5) is 25.9. The van der Waals surface area contributed by atoms with Gasteiger partial charge in [0.25, 0.3) is 0 Å². The van der Waals surface area contributed by atoms with Gasteiger partial charge < -0.3 is 14.7 Å². The van der Waals surface area contributed by atoms with Crippen LogP contribution < -0.4 is 0 Å². The summed E-state index contributed by atoms with van der Waals surface area (Å²) in [5, 5.41) is 10.8. The Hall–Kier alpha value is -2.14. The Morgan fingerprint density at radius 3 is 2.67 bits per heavy atom. The van der Waals surface area contributed by atoms with Crippen LogP contribution in [0.5, 0.6) is 0 Å². The van der Waals surface area contributed by atoms with Crippen molar-refractivity contribution >= 4 is 11.9 Å². The number of rotatable bonds is 10. The van der Waals surface area contributed by atoms with Crippen LogP contribution in [0.4, 0.5) is 0 Å². The van der Waals surface area contributed by atoms with E-state index >= 15 is 0 Å². The Morgan fingerprint density at radius 1 is 1.33 bits per heavy atom. The third-order valence-corrected chi connectivity index (χ3v) is 6.91. The summed E-state index contributed by atoms with van der Waals surface area (Å²) in [5.41, 5.74) is 1.67. The molecule has 2 aliphatic rings. The molecule has 1 aromatic rings. The largest absolute Gasteiger partial charge is 0.465 e. The maximum atomic E-state index is 12.4. The first-order chi connectivity index (χ1) is 14.5. The van der Waals surface area contributed by atoms with Crippen molar-refractivity contribution < 1.29 is 19.4 Å². The molecule has 5 nitrogen and oxygen atoms in total. The fraction of sp³-hybridized carbons (Fsp3) is 0.600. The minimum Gasteiger partial charge on any atom is -0.465 e. The van der Waals surface area contributed by atoms with Gasteiger partial charge in [-0.15, -0.1) is 0 Å². The number of nitrogens with zero attached hydrogens (tertiary/aromatic N) is 1. The van der Waals surface area contributed by atoms with Crippen molar-refractivity contribution in [3.05, 3.63) is 47.5 Å². The van der Waals surface area contributed by atoms with Crippen LogP contribution in [0.2, 0.25) is 0 Å². The lowest BCUT2D eigenvalue weighted by molar-refractivity contribution is -0.128. The Balaban J connectivity index is 1.57. The van der Waals surface area contributed by atoms with E-state index in [0.29, 0.717) is 18.5 Å². The molecule has 2 atom stereocenters. The molecule has 0 aromatic heterocycles. The standard InChI is InChI=1S/C25H35NO4/c1-3-4-15-25(16-5-17-25)22(27)12-10-21-11-13-23(28)26(21)18-14-19-6-8-20(9-7-19)24(29)30-2/h6-10,12,21-22,27H,3-5,11,13-18H2,1-2H3/t21-,22?/m0/s1. The molecule has 1 amide bonds.